The summed E-state index contributed by atoms with van der Waals surface area (Å²) in [6.45, 7) is 2.46. The maximum absolute atomic E-state index is 12.6. The van der Waals surface area contributed by atoms with Crippen LogP contribution in [0.1, 0.15) is 123 Å². The van der Waals surface area contributed by atoms with Crippen LogP contribution in [0.5, 0.6) is 0 Å². The predicted molar refractivity (Wildman–Crippen MR) is 231 cm³/mol. The number of aliphatic hydroxyl groups excluding tert-OH is 2. The van der Waals surface area contributed by atoms with E-state index in [1.54, 1.807) is 0 Å². The Morgan fingerprint density at radius 3 is 2.11 bits per heavy atom. The summed E-state index contributed by atoms with van der Waals surface area (Å²) >= 11 is 1.14. The van der Waals surface area contributed by atoms with Crippen molar-refractivity contribution in [2.45, 2.75) is 148 Å². The van der Waals surface area contributed by atoms with E-state index < -0.39 is 84.6 Å². The van der Waals surface area contributed by atoms with Crippen LogP contribution in [0.2, 0.25) is 0 Å². The summed E-state index contributed by atoms with van der Waals surface area (Å²) < 4.78 is 61.1. The van der Waals surface area contributed by atoms with E-state index >= 15 is 0 Å². The van der Waals surface area contributed by atoms with Gasteiger partial charge in [0.05, 0.1) is 19.5 Å². The van der Waals surface area contributed by atoms with Crippen LogP contribution in [0.3, 0.4) is 0 Å². The van der Waals surface area contributed by atoms with Crippen molar-refractivity contribution in [2.75, 3.05) is 37.8 Å². The fourth-order valence-corrected chi connectivity index (χ4v) is 10.1. The average molecular weight is 1030 g/mol. The largest absolute Gasteiger partial charge is 1.00 e. The first kappa shape index (κ1) is 60.7. The van der Waals surface area contributed by atoms with E-state index in [4.69, 9.17) is 10.5 Å². The molecule has 1 fully saturated rings. The molecular formula is C37H63N7NaO17P3S-2. The number of unbranched alkanes of at least 4 members (excludes halogenated alkanes) is 12. The number of aliphatic hydroxyl groups is 2. The molecule has 372 valence electrons. The van der Waals surface area contributed by atoms with Crippen molar-refractivity contribution in [1.82, 2.24) is 30.2 Å². The fraction of sp³-hybridized carbons (Fsp3) is 0.784. The monoisotopic (exact) mass is 1030 g/mol. The number of nitrogens with zero attached hydrogens (tertiary/aromatic N) is 4. The van der Waals surface area contributed by atoms with Gasteiger partial charge in [-0.15, -0.1) is 0 Å². The molecule has 0 radical (unpaired) electrons. The van der Waals surface area contributed by atoms with E-state index in [0.717, 1.165) is 48.2 Å². The molecule has 8 unspecified atom stereocenters. The summed E-state index contributed by atoms with van der Waals surface area (Å²) in [4.78, 5) is 94.8. The summed E-state index contributed by atoms with van der Waals surface area (Å²) in [5.74, 6) is -1.11. The minimum atomic E-state index is -5.90. The molecule has 0 saturated carbocycles. The summed E-state index contributed by atoms with van der Waals surface area (Å²) in [5, 5.41) is 26.5. The van der Waals surface area contributed by atoms with E-state index in [1.165, 1.54) is 78.1 Å². The number of amides is 2. The third-order valence-corrected chi connectivity index (χ3v) is 14.2. The van der Waals surface area contributed by atoms with Crippen LogP contribution in [-0.2, 0) is 50.7 Å². The number of aromatic nitrogens is 4. The number of nitrogens with one attached hydrogen (secondary N) is 2. The molecule has 24 nitrogen and oxygen atoms in total. The van der Waals surface area contributed by atoms with Gasteiger partial charge in [-0.2, -0.15) is 0 Å². The molecule has 0 spiro atoms. The summed E-state index contributed by atoms with van der Waals surface area (Å²) in [5.41, 5.74) is 4.14. The SMILES string of the molecule is CCCCCCCCCCCCCCCC(=O)SCCNC(=O)CCNC(=O)C(O)C(C)(C)COP(=O)([O-])OP(=O)([O-])OCC1OC(n2cnc3c(N)ncnc32)C(O)C1OP(=O)([O-])O.[Na+]. The first-order valence-electron chi connectivity index (χ1n) is 21.5. The molecule has 2 aromatic rings. The number of nitrogens with two attached hydrogens (primary N) is 1. The topological polar surface area (TPSA) is 372 Å². The molecule has 3 rings (SSSR count). The van der Waals surface area contributed by atoms with Gasteiger partial charge in [0.25, 0.3) is 23.5 Å². The van der Waals surface area contributed by atoms with Crippen LogP contribution < -0.4 is 60.6 Å². The number of fused-ring (bicyclic) bond motifs is 1. The van der Waals surface area contributed by atoms with Gasteiger partial charge in [-0.25, -0.2) is 19.3 Å². The normalized spacial score (nSPS) is 20.7. The van der Waals surface area contributed by atoms with Gasteiger partial charge in [-0.3, -0.25) is 32.6 Å². The number of phosphoric ester groups is 3. The first-order valence-corrected chi connectivity index (χ1v) is 27.0. The van der Waals surface area contributed by atoms with Gasteiger partial charge in [-0.1, -0.05) is 110 Å². The molecule has 3 heterocycles. The second kappa shape index (κ2) is 29.7. The molecular weight excluding hydrogens is 962 g/mol. The number of phosphoric acid groups is 3. The molecule has 0 aliphatic carbocycles. The minimum absolute atomic E-state index is 0. The number of hydrogen-bond donors (Lipinski definition) is 6. The second-order valence-electron chi connectivity index (χ2n) is 16.2. The Morgan fingerprint density at radius 1 is 0.909 bits per heavy atom. The van der Waals surface area contributed by atoms with Crippen molar-refractivity contribution in [3.8, 4) is 0 Å². The maximum Gasteiger partial charge on any atom is 1.00 e. The zero-order valence-corrected chi connectivity index (χ0v) is 43.4. The second-order valence-corrected chi connectivity index (χ2v) is 21.5. The number of thioether (sulfide) groups is 1. The van der Waals surface area contributed by atoms with Crippen molar-refractivity contribution in [2.24, 2.45) is 5.41 Å². The minimum Gasteiger partial charge on any atom is -0.756 e. The number of carbonyl (C=O) groups is 3. The smallest absolute Gasteiger partial charge is 0.756 e. The van der Waals surface area contributed by atoms with Crippen LogP contribution in [0.25, 0.3) is 11.2 Å². The number of rotatable bonds is 33. The molecule has 1 saturated heterocycles. The zero-order valence-electron chi connectivity index (χ0n) is 37.9. The molecule has 66 heavy (non-hydrogen) atoms. The van der Waals surface area contributed by atoms with E-state index in [9.17, 15) is 57.9 Å². The Bertz CT molecular complexity index is 1970. The summed E-state index contributed by atoms with van der Waals surface area (Å²) in [7, 11) is -17.3. The third kappa shape index (κ3) is 22.1. The molecule has 2 amide bonds. The summed E-state index contributed by atoms with van der Waals surface area (Å²) in [6.07, 6.45) is 8.99. The van der Waals surface area contributed by atoms with Gasteiger partial charge >= 0.3 is 29.6 Å². The van der Waals surface area contributed by atoms with Gasteiger partial charge < -0.3 is 64.5 Å². The van der Waals surface area contributed by atoms with Gasteiger partial charge in [-0.05, 0) is 6.42 Å². The van der Waals surface area contributed by atoms with Crippen LogP contribution >= 0.6 is 35.2 Å². The van der Waals surface area contributed by atoms with Crippen molar-refractivity contribution in [3.63, 3.8) is 0 Å². The first-order chi connectivity index (χ1) is 30.6. The van der Waals surface area contributed by atoms with E-state index in [2.05, 4.69) is 50.4 Å². The van der Waals surface area contributed by atoms with Crippen LogP contribution in [0.4, 0.5) is 5.82 Å². The maximum atomic E-state index is 12.6. The number of anilines is 1. The molecule has 7 N–H and O–H groups in total. The van der Waals surface area contributed by atoms with E-state index in [0.29, 0.717) is 12.2 Å². The zero-order chi connectivity index (χ0) is 48.3. The van der Waals surface area contributed by atoms with Gasteiger partial charge in [0, 0.05) is 37.1 Å². The van der Waals surface area contributed by atoms with Gasteiger partial charge in [0.1, 0.15) is 36.3 Å². The number of nitrogen functional groups attached to an aromatic ring is 1. The predicted octanol–water partition coefficient (Wildman–Crippen LogP) is -0.746. The Kier molecular flexibility index (Phi) is 27.3. The Morgan fingerprint density at radius 2 is 1.50 bits per heavy atom. The molecule has 8 atom stereocenters. The molecule has 0 bridgehead atoms. The van der Waals surface area contributed by atoms with Crippen molar-refractivity contribution in [1.29, 1.82) is 0 Å². The Balaban J connectivity index is 0.0000150. The number of hydrogen-bond acceptors (Lipinski definition) is 21. The third-order valence-electron chi connectivity index (χ3n) is 10.2. The van der Waals surface area contributed by atoms with E-state index in [1.807, 2.05) is 0 Å². The number of carbonyl (C=O) groups excluding carboxylic acids is 3. The van der Waals surface area contributed by atoms with Crippen molar-refractivity contribution >= 4 is 69.1 Å². The van der Waals surface area contributed by atoms with Crippen molar-refractivity contribution < 1.29 is 110 Å². The molecule has 1 aliphatic heterocycles. The Hall–Kier alpha value is -1.44. The van der Waals surface area contributed by atoms with Gasteiger partial charge in [0.2, 0.25) is 11.8 Å². The quantitative estimate of drug-likeness (QED) is 0.0291. The average Bonchev–Trinajstić information content (AvgIpc) is 3.79. The molecule has 29 heteroatoms. The summed E-state index contributed by atoms with van der Waals surface area (Å²) in [6, 6.07) is 0. The Labute approximate surface area is 410 Å². The van der Waals surface area contributed by atoms with Crippen molar-refractivity contribution in [3.05, 3.63) is 12.7 Å². The fourth-order valence-electron chi connectivity index (χ4n) is 6.64. The van der Waals surface area contributed by atoms with Gasteiger partial charge in [0.15, 0.2) is 22.8 Å². The van der Waals surface area contributed by atoms with E-state index in [-0.39, 0.29) is 71.2 Å². The van der Waals surface area contributed by atoms with Crippen LogP contribution in [0, 0.1) is 5.41 Å². The molecule has 0 aromatic carbocycles. The standard InChI is InChI=1S/C37H66N7O17P3S.Na/c1-4-5-6-7-8-9-10-11-12-13-14-15-16-17-28(46)65-21-20-39-27(45)18-19-40-35(49)32(48)37(2,3)23-58-64(55,56)61-63(53,54)57-22-26-31(60-62(50,51)52)30(47)36(59-26)44-25-43-29-33(38)41-24-42-34(29)44;/h24-26,30-32,36,47-48H,4-23H2,1-3H3,(H,39,45)(H,40,49)(H,53,54)(H,55,56)(H2,38,41,42)(H2,50,51,52);/q;+1/p-3. The van der Waals surface area contributed by atoms with Crippen LogP contribution in [0.15, 0.2) is 12.7 Å². The number of ether oxygens (including phenoxy) is 1. The van der Waals surface area contributed by atoms with Crippen LogP contribution in [-0.4, -0.2) is 108 Å². The number of imidazole rings is 1. The molecule has 1 aliphatic rings. The molecule has 2 aromatic heterocycles.